The fourth-order valence-corrected chi connectivity index (χ4v) is 2.48. The Labute approximate surface area is 124 Å². The predicted octanol–water partition coefficient (Wildman–Crippen LogP) is 1.29. The standard InChI is InChI=1S/C14H16N2O4S/c1-12-3-5-13(6-4-12)7-10-21(18,19)16(9-8-15)11-14(17)20-2/h3-7,10H,9,11H2,1-2H3. The number of carbonyl (C=O) groups is 1. The molecule has 0 atom stereocenters. The number of benzene rings is 1. The van der Waals surface area contributed by atoms with Crippen molar-refractivity contribution in [1.29, 1.82) is 5.26 Å². The summed E-state index contributed by atoms with van der Waals surface area (Å²) in [6.45, 7) is 1.01. The van der Waals surface area contributed by atoms with Gasteiger partial charge in [-0.05, 0) is 18.6 Å². The molecule has 0 amide bonds. The summed E-state index contributed by atoms with van der Waals surface area (Å²) in [4.78, 5) is 11.2. The summed E-state index contributed by atoms with van der Waals surface area (Å²) in [5.41, 5.74) is 1.77. The molecule has 21 heavy (non-hydrogen) atoms. The van der Waals surface area contributed by atoms with Crippen LogP contribution in [-0.2, 0) is 19.6 Å². The van der Waals surface area contributed by atoms with Crippen molar-refractivity contribution in [3.8, 4) is 6.07 Å². The number of nitrogens with zero attached hydrogens (tertiary/aromatic N) is 2. The SMILES string of the molecule is COC(=O)CN(CC#N)S(=O)(=O)C=Cc1ccc(C)cc1. The molecule has 0 unspecified atom stereocenters. The minimum atomic E-state index is -3.87. The molecule has 0 bridgehead atoms. The van der Waals surface area contributed by atoms with E-state index in [1.54, 1.807) is 18.2 Å². The van der Waals surface area contributed by atoms with Gasteiger partial charge in [0.25, 0.3) is 0 Å². The van der Waals surface area contributed by atoms with E-state index in [1.807, 2.05) is 19.1 Å². The van der Waals surface area contributed by atoms with Crippen LogP contribution in [0.3, 0.4) is 0 Å². The quantitative estimate of drug-likeness (QED) is 0.584. The molecule has 1 aromatic carbocycles. The molecule has 1 aromatic rings. The maximum absolute atomic E-state index is 12.1. The van der Waals surface area contributed by atoms with Crippen LogP contribution in [0.1, 0.15) is 11.1 Å². The molecule has 0 spiro atoms. The molecule has 6 nitrogen and oxygen atoms in total. The Kier molecular flexibility index (Phi) is 6.09. The first-order valence-corrected chi connectivity index (χ1v) is 7.58. The number of rotatable bonds is 6. The number of sulfonamides is 1. The van der Waals surface area contributed by atoms with Crippen LogP contribution >= 0.6 is 0 Å². The summed E-state index contributed by atoms with van der Waals surface area (Å²) < 4.78 is 29.4. The first-order valence-electron chi connectivity index (χ1n) is 6.07. The topological polar surface area (TPSA) is 87.5 Å². The van der Waals surface area contributed by atoms with Gasteiger partial charge < -0.3 is 4.74 Å². The zero-order valence-corrected chi connectivity index (χ0v) is 12.6. The Morgan fingerprint density at radius 2 is 2.00 bits per heavy atom. The lowest BCUT2D eigenvalue weighted by atomic mass is 10.2. The van der Waals surface area contributed by atoms with Crippen molar-refractivity contribution < 1.29 is 17.9 Å². The van der Waals surface area contributed by atoms with Crippen molar-refractivity contribution in [2.75, 3.05) is 20.2 Å². The molecule has 0 aromatic heterocycles. The van der Waals surface area contributed by atoms with Crippen LogP contribution in [0.5, 0.6) is 0 Å². The molecular formula is C14H16N2O4S. The fourth-order valence-electron chi connectivity index (χ4n) is 1.45. The Bertz CT molecular complexity index is 657. The van der Waals surface area contributed by atoms with Crippen molar-refractivity contribution in [3.05, 3.63) is 40.8 Å². The number of hydrogen-bond acceptors (Lipinski definition) is 5. The van der Waals surface area contributed by atoms with Gasteiger partial charge in [0.15, 0.2) is 0 Å². The van der Waals surface area contributed by atoms with Crippen molar-refractivity contribution in [2.24, 2.45) is 0 Å². The zero-order chi connectivity index (χ0) is 15.9. The summed E-state index contributed by atoms with van der Waals surface area (Å²) in [7, 11) is -2.71. The highest BCUT2D eigenvalue weighted by atomic mass is 32.2. The number of hydrogen-bond donors (Lipinski definition) is 0. The molecule has 0 aliphatic carbocycles. The molecule has 0 N–H and O–H groups in total. The van der Waals surface area contributed by atoms with Crippen molar-refractivity contribution in [1.82, 2.24) is 4.31 Å². The third-order valence-corrected chi connectivity index (χ3v) is 4.11. The Balaban J connectivity index is 2.93. The average Bonchev–Trinajstić information content (AvgIpc) is 2.46. The van der Waals surface area contributed by atoms with Crippen LogP contribution in [-0.4, -0.2) is 38.9 Å². The highest BCUT2D eigenvalue weighted by Crippen LogP contribution is 2.09. The summed E-state index contributed by atoms with van der Waals surface area (Å²) in [5.74, 6) is -0.724. The third kappa shape index (κ3) is 5.38. The second-order valence-electron chi connectivity index (χ2n) is 4.26. The predicted molar refractivity (Wildman–Crippen MR) is 78.3 cm³/mol. The van der Waals surface area contributed by atoms with Crippen molar-refractivity contribution in [2.45, 2.75) is 6.92 Å². The van der Waals surface area contributed by atoms with Crippen LogP contribution in [0, 0.1) is 18.3 Å². The maximum Gasteiger partial charge on any atom is 0.321 e. The Morgan fingerprint density at radius 1 is 1.38 bits per heavy atom. The number of aryl methyl sites for hydroxylation is 1. The van der Waals surface area contributed by atoms with Crippen LogP contribution in [0.2, 0.25) is 0 Å². The van der Waals surface area contributed by atoms with E-state index in [9.17, 15) is 13.2 Å². The first-order chi connectivity index (χ1) is 9.89. The number of nitriles is 1. The van der Waals surface area contributed by atoms with Gasteiger partial charge in [-0.25, -0.2) is 8.42 Å². The molecule has 0 fully saturated rings. The van der Waals surface area contributed by atoms with E-state index < -0.39 is 29.1 Å². The third-order valence-electron chi connectivity index (χ3n) is 2.65. The average molecular weight is 308 g/mol. The number of carbonyl (C=O) groups excluding carboxylic acids is 1. The summed E-state index contributed by atoms with van der Waals surface area (Å²) in [5, 5.41) is 9.64. The summed E-state index contributed by atoms with van der Waals surface area (Å²) in [6.07, 6.45) is 1.41. The van der Waals surface area contributed by atoms with Gasteiger partial charge in [0.2, 0.25) is 10.0 Å². The second kappa shape index (κ2) is 7.57. The molecular weight excluding hydrogens is 292 g/mol. The zero-order valence-electron chi connectivity index (χ0n) is 11.8. The molecule has 112 valence electrons. The number of methoxy groups -OCH3 is 1. The lowest BCUT2D eigenvalue weighted by Gasteiger charge is -2.15. The van der Waals surface area contributed by atoms with Crippen LogP contribution < -0.4 is 0 Å². The lowest BCUT2D eigenvalue weighted by Crippen LogP contribution is -2.35. The van der Waals surface area contributed by atoms with E-state index in [-0.39, 0.29) is 0 Å². The Hall–Kier alpha value is -2.17. The van der Waals surface area contributed by atoms with Gasteiger partial charge in [-0.15, -0.1) is 0 Å². The van der Waals surface area contributed by atoms with E-state index in [4.69, 9.17) is 5.26 Å². The lowest BCUT2D eigenvalue weighted by molar-refractivity contribution is -0.140. The van der Waals surface area contributed by atoms with Gasteiger partial charge in [-0.1, -0.05) is 29.8 Å². The van der Waals surface area contributed by atoms with E-state index in [1.165, 1.54) is 6.08 Å². The van der Waals surface area contributed by atoms with Gasteiger partial charge in [-0.3, -0.25) is 4.79 Å². The molecule has 0 saturated carbocycles. The largest absolute Gasteiger partial charge is 0.468 e. The van der Waals surface area contributed by atoms with Crippen LogP contribution in [0.4, 0.5) is 0 Å². The van der Waals surface area contributed by atoms with Crippen LogP contribution in [0.15, 0.2) is 29.7 Å². The molecule has 0 saturated heterocycles. The normalized spacial score (nSPS) is 11.5. The minimum Gasteiger partial charge on any atom is -0.468 e. The van der Waals surface area contributed by atoms with Gasteiger partial charge in [-0.2, -0.15) is 9.57 Å². The molecule has 0 radical (unpaired) electrons. The highest BCUT2D eigenvalue weighted by molar-refractivity contribution is 7.92. The van der Waals surface area contributed by atoms with Crippen LogP contribution in [0.25, 0.3) is 6.08 Å². The molecule has 0 aliphatic rings. The summed E-state index contributed by atoms with van der Waals surface area (Å²) in [6, 6.07) is 8.97. The molecule has 1 rings (SSSR count). The second-order valence-corrected chi connectivity index (χ2v) is 6.08. The highest BCUT2D eigenvalue weighted by Gasteiger charge is 2.22. The van der Waals surface area contributed by atoms with E-state index in [2.05, 4.69) is 4.74 Å². The van der Waals surface area contributed by atoms with Gasteiger partial charge in [0.05, 0.1) is 13.2 Å². The monoisotopic (exact) mass is 308 g/mol. The number of ether oxygens (including phenoxy) is 1. The number of esters is 1. The first kappa shape index (κ1) is 16.9. The molecule has 0 aliphatic heterocycles. The van der Waals surface area contributed by atoms with Crippen molar-refractivity contribution in [3.63, 3.8) is 0 Å². The fraction of sp³-hybridized carbons (Fsp3) is 0.286. The Morgan fingerprint density at radius 3 is 2.52 bits per heavy atom. The summed E-state index contributed by atoms with van der Waals surface area (Å²) >= 11 is 0. The van der Waals surface area contributed by atoms with E-state index in [0.717, 1.165) is 22.4 Å². The van der Waals surface area contributed by atoms with E-state index >= 15 is 0 Å². The minimum absolute atomic E-state index is 0.421. The smallest absolute Gasteiger partial charge is 0.321 e. The molecule has 7 heteroatoms. The van der Waals surface area contributed by atoms with Gasteiger partial charge in [0.1, 0.15) is 13.1 Å². The van der Waals surface area contributed by atoms with E-state index in [0.29, 0.717) is 5.56 Å². The van der Waals surface area contributed by atoms with Gasteiger partial charge >= 0.3 is 5.97 Å². The van der Waals surface area contributed by atoms with Crippen molar-refractivity contribution >= 4 is 22.1 Å². The molecule has 0 heterocycles. The maximum atomic E-state index is 12.1. The van der Waals surface area contributed by atoms with Gasteiger partial charge in [0, 0.05) is 5.41 Å².